The van der Waals surface area contributed by atoms with Gasteiger partial charge in [0.05, 0.1) is 38.6 Å². The minimum absolute atomic E-state index is 0.524. The molecule has 6 nitrogen and oxygen atoms in total. The highest BCUT2D eigenvalue weighted by molar-refractivity contribution is 6.31. The summed E-state index contributed by atoms with van der Waals surface area (Å²) < 4.78 is 16.3. The molecule has 0 atom stereocenters. The molecule has 2 heterocycles. The Hall–Kier alpha value is -2.54. The zero-order valence-electron chi connectivity index (χ0n) is 17.3. The van der Waals surface area contributed by atoms with E-state index in [2.05, 4.69) is 27.3 Å². The van der Waals surface area contributed by atoms with Crippen LogP contribution >= 0.6 is 11.6 Å². The molecule has 3 aromatic rings. The van der Waals surface area contributed by atoms with E-state index in [1.807, 2.05) is 30.3 Å². The summed E-state index contributed by atoms with van der Waals surface area (Å²) >= 11 is 6.67. The van der Waals surface area contributed by atoms with Crippen LogP contribution in [0.2, 0.25) is 5.15 Å². The second-order valence-electron chi connectivity index (χ2n) is 7.16. The second kappa shape index (κ2) is 9.51. The first-order chi connectivity index (χ1) is 14.7. The van der Waals surface area contributed by atoms with Crippen LogP contribution in [0, 0.1) is 0 Å². The van der Waals surface area contributed by atoms with Gasteiger partial charge in [-0.2, -0.15) is 0 Å². The summed E-state index contributed by atoms with van der Waals surface area (Å²) in [4.78, 5) is 6.99. The zero-order valence-corrected chi connectivity index (χ0v) is 18.0. The summed E-state index contributed by atoms with van der Waals surface area (Å²) in [6.45, 7) is 4.36. The maximum atomic E-state index is 6.67. The fraction of sp³-hybridized carbons (Fsp3) is 0.348. The number of nitrogens with one attached hydrogen (secondary N) is 1. The second-order valence-corrected chi connectivity index (χ2v) is 7.52. The summed E-state index contributed by atoms with van der Waals surface area (Å²) in [5.41, 5.74) is 4.14. The summed E-state index contributed by atoms with van der Waals surface area (Å²) in [6, 6.07) is 13.9. The van der Waals surface area contributed by atoms with E-state index in [1.54, 1.807) is 14.2 Å². The Bertz CT molecular complexity index is 1000. The van der Waals surface area contributed by atoms with Crippen molar-refractivity contribution in [3.63, 3.8) is 0 Å². The van der Waals surface area contributed by atoms with E-state index >= 15 is 0 Å². The molecule has 1 N–H and O–H groups in total. The lowest BCUT2D eigenvalue weighted by Crippen LogP contribution is -2.37. The van der Waals surface area contributed by atoms with Crippen LogP contribution in [0.4, 0.5) is 5.69 Å². The molecule has 0 spiro atoms. The number of ether oxygens (including phenoxy) is 3. The van der Waals surface area contributed by atoms with Gasteiger partial charge in [-0.25, -0.2) is 4.98 Å². The van der Waals surface area contributed by atoms with Crippen molar-refractivity contribution in [1.82, 2.24) is 10.3 Å². The van der Waals surface area contributed by atoms with Gasteiger partial charge in [0.2, 0.25) is 0 Å². The van der Waals surface area contributed by atoms with Crippen molar-refractivity contribution in [3.05, 3.63) is 58.7 Å². The van der Waals surface area contributed by atoms with Crippen LogP contribution in [0.5, 0.6) is 11.5 Å². The fourth-order valence-corrected chi connectivity index (χ4v) is 3.99. The first-order valence-electron chi connectivity index (χ1n) is 10.0. The van der Waals surface area contributed by atoms with Gasteiger partial charge in [0.1, 0.15) is 16.7 Å². The van der Waals surface area contributed by atoms with Gasteiger partial charge >= 0.3 is 0 Å². The highest BCUT2D eigenvalue weighted by Crippen LogP contribution is 2.36. The molecule has 7 heteroatoms. The van der Waals surface area contributed by atoms with Crippen LogP contribution in [0.1, 0.15) is 11.1 Å². The molecular formula is C23H26ClN3O3. The van der Waals surface area contributed by atoms with E-state index in [1.165, 1.54) is 5.56 Å². The molecule has 0 bridgehead atoms. The zero-order chi connectivity index (χ0) is 20.9. The topological polar surface area (TPSA) is 55.8 Å². The van der Waals surface area contributed by atoms with E-state index in [4.69, 9.17) is 25.8 Å². The van der Waals surface area contributed by atoms with E-state index in [9.17, 15) is 0 Å². The lowest BCUT2D eigenvalue weighted by molar-refractivity contribution is 0.122. The number of hydrogen-bond acceptors (Lipinski definition) is 6. The Labute approximate surface area is 181 Å². The van der Waals surface area contributed by atoms with Crippen LogP contribution < -0.4 is 19.7 Å². The molecule has 0 unspecified atom stereocenters. The van der Waals surface area contributed by atoms with Gasteiger partial charge in [0.15, 0.2) is 0 Å². The number of nitrogens with zero attached hydrogens (tertiary/aromatic N) is 2. The summed E-state index contributed by atoms with van der Waals surface area (Å²) in [6.07, 6.45) is 0. The molecule has 0 aliphatic carbocycles. The van der Waals surface area contributed by atoms with Crippen LogP contribution in [-0.2, 0) is 17.8 Å². The molecule has 30 heavy (non-hydrogen) atoms. The van der Waals surface area contributed by atoms with Gasteiger partial charge in [-0.05, 0) is 35.9 Å². The van der Waals surface area contributed by atoms with Gasteiger partial charge in [-0.1, -0.05) is 23.7 Å². The van der Waals surface area contributed by atoms with Gasteiger partial charge < -0.3 is 24.4 Å². The third-order valence-corrected chi connectivity index (χ3v) is 5.64. The molecule has 0 radical (unpaired) electrons. The van der Waals surface area contributed by atoms with Crippen LogP contribution in [0.15, 0.2) is 42.5 Å². The van der Waals surface area contributed by atoms with Gasteiger partial charge in [0, 0.05) is 37.1 Å². The molecule has 0 saturated carbocycles. The van der Waals surface area contributed by atoms with Crippen LogP contribution in [0.25, 0.3) is 10.9 Å². The van der Waals surface area contributed by atoms with Crippen molar-refractivity contribution in [2.45, 2.75) is 13.1 Å². The van der Waals surface area contributed by atoms with E-state index < -0.39 is 0 Å². The normalized spacial score (nSPS) is 14.2. The van der Waals surface area contributed by atoms with E-state index in [-0.39, 0.29) is 0 Å². The molecule has 1 fully saturated rings. The van der Waals surface area contributed by atoms with Gasteiger partial charge in [-0.15, -0.1) is 0 Å². The number of methoxy groups -OCH3 is 2. The van der Waals surface area contributed by atoms with Crippen molar-refractivity contribution < 1.29 is 14.2 Å². The molecule has 1 aliphatic heterocycles. The molecule has 158 valence electrons. The lowest BCUT2D eigenvalue weighted by Gasteiger charge is -2.32. The molecule has 0 amide bonds. The highest BCUT2D eigenvalue weighted by Gasteiger charge is 2.21. The fourth-order valence-electron chi connectivity index (χ4n) is 3.74. The molecule has 2 aromatic carbocycles. The maximum Gasteiger partial charge on any atom is 0.136 e. The van der Waals surface area contributed by atoms with Crippen molar-refractivity contribution in [3.8, 4) is 11.5 Å². The standard InChI is InChI=1S/C23H26ClN3O3/c1-28-17-5-3-16(4-6-17)14-25-15-20-22(27-9-11-30-12-10-27)19-13-18(29-2)7-8-21(19)26-23(20)24/h3-8,13,25H,9-12,14-15H2,1-2H3. The third kappa shape index (κ3) is 4.46. The van der Waals surface area contributed by atoms with E-state index in [0.29, 0.717) is 24.9 Å². The van der Waals surface area contributed by atoms with Crippen LogP contribution in [-0.4, -0.2) is 45.5 Å². The summed E-state index contributed by atoms with van der Waals surface area (Å²) in [7, 11) is 3.35. The number of morpholine rings is 1. The number of fused-ring (bicyclic) bond motifs is 1. The number of halogens is 1. The molecule has 1 aliphatic rings. The Morgan fingerprint density at radius 2 is 1.70 bits per heavy atom. The molecule has 4 rings (SSSR count). The first-order valence-corrected chi connectivity index (χ1v) is 10.4. The largest absolute Gasteiger partial charge is 0.497 e. The molecular weight excluding hydrogens is 402 g/mol. The molecule has 1 aromatic heterocycles. The number of benzene rings is 2. The number of pyridine rings is 1. The Balaban J connectivity index is 1.65. The maximum absolute atomic E-state index is 6.67. The minimum Gasteiger partial charge on any atom is -0.497 e. The van der Waals surface area contributed by atoms with Crippen molar-refractivity contribution >= 4 is 28.2 Å². The molecule has 1 saturated heterocycles. The average Bonchev–Trinajstić information content (AvgIpc) is 2.80. The monoisotopic (exact) mass is 427 g/mol. The minimum atomic E-state index is 0.524. The Kier molecular flexibility index (Phi) is 6.57. The van der Waals surface area contributed by atoms with Crippen LogP contribution in [0.3, 0.4) is 0 Å². The Morgan fingerprint density at radius 1 is 1.00 bits per heavy atom. The number of rotatable bonds is 7. The SMILES string of the molecule is COc1ccc(CNCc2c(Cl)nc3ccc(OC)cc3c2N2CCOCC2)cc1. The van der Waals surface area contributed by atoms with Crippen molar-refractivity contribution in [2.75, 3.05) is 45.4 Å². The van der Waals surface area contributed by atoms with Crippen molar-refractivity contribution in [2.24, 2.45) is 0 Å². The van der Waals surface area contributed by atoms with Crippen molar-refractivity contribution in [1.29, 1.82) is 0 Å². The quantitative estimate of drug-likeness (QED) is 0.574. The third-order valence-electron chi connectivity index (χ3n) is 5.33. The predicted molar refractivity (Wildman–Crippen MR) is 120 cm³/mol. The summed E-state index contributed by atoms with van der Waals surface area (Å²) in [5, 5.41) is 5.08. The predicted octanol–water partition coefficient (Wildman–Crippen LogP) is 4.03. The summed E-state index contributed by atoms with van der Waals surface area (Å²) in [5.74, 6) is 1.65. The smallest absolute Gasteiger partial charge is 0.136 e. The first kappa shape index (κ1) is 20.7. The number of anilines is 1. The van der Waals surface area contributed by atoms with Gasteiger partial charge in [-0.3, -0.25) is 0 Å². The van der Waals surface area contributed by atoms with Gasteiger partial charge in [0.25, 0.3) is 0 Å². The lowest BCUT2D eigenvalue weighted by atomic mass is 10.1. The number of aromatic nitrogens is 1. The average molecular weight is 428 g/mol. The highest BCUT2D eigenvalue weighted by atomic mass is 35.5. The Morgan fingerprint density at radius 3 is 2.40 bits per heavy atom. The number of hydrogen-bond donors (Lipinski definition) is 1. The van der Waals surface area contributed by atoms with E-state index in [0.717, 1.165) is 53.3 Å².